The van der Waals surface area contributed by atoms with E-state index < -0.39 is 0 Å². The van der Waals surface area contributed by atoms with Gasteiger partial charge in [0.25, 0.3) is 0 Å². The lowest BCUT2D eigenvalue weighted by Crippen LogP contribution is -2.25. The molecule has 1 aliphatic rings. The van der Waals surface area contributed by atoms with Gasteiger partial charge in [0.1, 0.15) is 0 Å². The van der Waals surface area contributed by atoms with Gasteiger partial charge in [0.2, 0.25) is 0 Å². The maximum Gasteiger partial charge on any atom is 0.163 e. The predicted molar refractivity (Wildman–Crippen MR) is 70.3 cm³/mol. The van der Waals surface area contributed by atoms with E-state index in [9.17, 15) is 4.79 Å². The van der Waals surface area contributed by atoms with Crippen molar-refractivity contribution in [3.8, 4) is 0 Å². The maximum absolute atomic E-state index is 12.2. The van der Waals surface area contributed by atoms with Crippen LogP contribution >= 0.6 is 0 Å². The fraction of sp³-hybridized carbons (Fsp3) is 0.533. The summed E-state index contributed by atoms with van der Waals surface area (Å²) in [6.07, 6.45) is 5.05. The molecule has 1 aromatic rings. The number of nitrogens with one attached hydrogen (secondary N) is 1. The van der Waals surface area contributed by atoms with Crippen molar-refractivity contribution in [2.45, 2.75) is 45.6 Å². The lowest BCUT2D eigenvalue weighted by molar-refractivity contribution is 0.0978. The Balaban J connectivity index is 2.12. The van der Waals surface area contributed by atoms with Crippen LogP contribution in [0.5, 0.6) is 0 Å². The molecule has 2 rings (SSSR count). The molecule has 92 valence electrons. The first-order valence-corrected chi connectivity index (χ1v) is 6.67. The topological polar surface area (TPSA) is 29.1 Å². The normalized spacial score (nSPS) is 14.4. The monoisotopic (exact) mass is 231 g/mol. The number of fused-ring (bicyclic) bond motifs is 1. The lowest BCUT2D eigenvalue weighted by Gasteiger charge is -2.19. The fourth-order valence-corrected chi connectivity index (χ4v) is 2.46. The highest BCUT2D eigenvalue weighted by molar-refractivity contribution is 5.97. The second kappa shape index (κ2) is 5.97. The molecule has 0 saturated carbocycles. The van der Waals surface area contributed by atoms with Gasteiger partial charge in [-0.1, -0.05) is 38.0 Å². The molecular formula is C15H21NO. The Morgan fingerprint density at radius 3 is 3.06 bits per heavy atom. The van der Waals surface area contributed by atoms with Crippen LogP contribution in [0.2, 0.25) is 0 Å². The number of carbonyl (C=O) groups is 1. The Kier molecular flexibility index (Phi) is 4.32. The molecular weight excluding hydrogens is 210 g/mol. The van der Waals surface area contributed by atoms with E-state index in [0.717, 1.165) is 37.9 Å². The largest absolute Gasteiger partial charge is 0.312 e. The van der Waals surface area contributed by atoms with E-state index >= 15 is 0 Å². The molecule has 0 spiro atoms. The van der Waals surface area contributed by atoms with Crippen LogP contribution < -0.4 is 5.32 Å². The second-order valence-electron chi connectivity index (χ2n) is 4.75. The highest BCUT2D eigenvalue weighted by Crippen LogP contribution is 2.20. The number of Topliss-reactive ketones (excluding diaryl/α,β-unsaturated/α-hetero) is 1. The minimum absolute atomic E-state index is 0.331. The van der Waals surface area contributed by atoms with Crippen molar-refractivity contribution in [1.82, 2.24) is 5.32 Å². The standard InChI is InChI=1S/C15H21NO/c1-2-3-4-8-15(17)14-7-5-6-12-11-16-10-9-13(12)14/h5-7,16H,2-4,8-11H2,1H3. The SMILES string of the molecule is CCCCCC(=O)c1cccc2c1CCNC2. The third-order valence-corrected chi connectivity index (χ3v) is 3.45. The Morgan fingerprint density at radius 1 is 1.35 bits per heavy atom. The Bertz CT molecular complexity index is 398. The maximum atomic E-state index is 12.2. The summed E-state index contributed by atoms with van der Waals surface area (Å²) in [6.45, 7) is 4.07. The van der Waals surface area contributed by atoms with Crippen LogP contribution in [-0.2, 0) is 13.0 Å². The van der Waals surface area contributed by atoms with E-state index in [4.69, 9.17) is 0 Å². The van der Waals surface area contributed by atoms with E-state index in [-0.39, 0.29) is 0 Å². The van der Waals surface area contributed by atoms with Crippen molar-refractivity contribution in [3.63, 3.8) is 0 Å². The smallest absolute Gasteiger partial charge is 0.163 e. The van der Waals surface area contributed by atoms with Crippen molar-refractivity contribution in [1.29, 1.82) is 0 Å². The van der Waals surface area contributed by atoms with Crippen molar-refractivity contribution >= 4 is 5.78 Å². The molecule has 1 aliphatic heterocycles. The molecule has 1 heterocycles. The number of hydrogen-bond donors (Lipinski definition) is 1. The number of carbonyl (C=O) groups excluding carboxylic acids is 1. The molecule has 2 nitrogen and oxygen atoms in total. The number of hydrogen-bond acceptors (Lipinski definition) is 2. The Morgan fingerprint density at radius 2 is 2.24 bits per heavy atom. The molecule has 0 saturated heterocycles. The van der Waals surface area contributed by atoms with E-state index in [1.165, 1.54) is 17.5 Å². The molecule has 0 aliphatic carbocycles. The second-order valence-corrected chi connectivity index (χ2v) is 4.75. The summed E-state index contributed by atoms with van der Waals surface area (Å²) in [5, 5.41) is 3.35. The predicted octanol–water partition coefficient (Wildman–Crippen LogP) is 3.10. The van der Waals surface area contributed by atoms with Crippen molar-refractivity contribution in [2.24, 2.45) is 0 Å². The molecule has 2 heteroatoms. The zero-order chi connectivity index (χ0) is 12.1. The Hall–Kier alpha value is -1.15. The van der Waals surface area contributed by atoms with Gasteiger partial charge in [-0.05, 0) is 30.5 Å². The molecule has 0 amide bonds. The Labute approximate surface area is 103 Å². The highest BCUT2D eigenvalue weighted by atomic mass is 16.1. The molecule has 0 fully saturated rings. The zero-order valence-electron chi connectivity index (χ0n) is 10.6. The van der Waals surface area contributed by atoms with Gasteiger partial charge in [-0.15, -0.1) is 0 Å². The van der Waals surface area contributed by atoms with Gasteiger partial charge in [0, 0.05) is 18.5 Å². The van der Waals surface area contributed by atoms with Crippen LogP contribution in [0.3, 0.4) is 0 Å². The molecule has 0 atom stereocenters. The van der Waals surface area contributed by atoms with Gasteiger partial charge < -0.3 is 5.32 Å². The van der Waals surface area contributed by atoms with Gasteiger partial charge in [-0.25, -0.2) is 0 Å². The van der Waals surface area contributed by atoms with Gasteiger partial charge in [-0.2, -0.15) is 0 Å². The first kappa shape index (κ1) is 12.3. The zero-order valence-corrected chi connectivity index (χ0v) is 10.6. The third kappa shape index (κ3) is 2.95. The van der Waals surface area contributed by atoms with E-state index in [0.29, 0.717) is 12.2 Å². The van der Waals surface area contributed by atoms with E-state index in [1.807, 2.05) is 12.1 Å². The summed E-state index contributed by atoms with van der Waals surface area (Å²) >= 11 is 0. The van der Waals surface area contributed by atoms with Crippen LogP contribution in [0.1, 0.15) is 54.1 Å². The van der Waals surface area contributed by atoms with Crippen LogP contribution in [0, 0.1) is 0 Å². The highest BCUT2D eigenvalue weighted by Gasteiger charge is 2.16. The van der Waals surface area contributed by atoms with Crippen molar-refractivity contribution in [2.75, 3.05) is 6.54 Å². The molecule has 0 radical (unpaired) electrons. The van der Waals surface area contributed by atoms with Crippen LogP contribution in [0.15, 0.2) is 18.2 Å². The summed E-state index contributed by atoms with van der Waals surface area (Å²) in [5.41, 5.74) is 3.56. The summed E-state index contributed by atoms with van der Waals surface area (Å²) < 4.78 is 0. The molecule has 1 aromatic carbocycles. The number of rotatable bonds is 5. The molecule has 0 unspecified atom stereocenters. The third-order valence-electron chi connectivity index (χ3n) is 3.45. The summed E-state index contributed by atoms with van der Waals surface area (Å²) in [5.74, 6) is 0.331. The molecule has 1 N–H and O–H groups in total. The summed E-state index contributed by atoms with van der Waals surface area (Å²) in [6, 6.07) is 6.14. The minimum Gasteiger partial charge on any atom is -0.312 e. The first-order chi connectivity index (χ1) is 8.33. The van der Waals surface area contributed by atoms with Crippen molar-refractivity contribution < 1.29 is 4.79 Å². The minimum atomic E-state index is 0.331. The van der Waals surface area contributed by atoms with Gasteiger partial charge in [0.15, 0.2) is 5.78 Å². The average molecular weight is 231 g/mol. The van der Waals surface area contributed by atoms with Gasteiger partial charge in [-0.3, -0.25) is 4.79 Å². The van der Waals surface area contributed by atoms with Gasteiger partial charge >= 0.3 is 0 Å². The summed E-state index contributed by atoms with van der Waals surface area (Å²) in [4.78, 5) is 12.2. The quantitative estimate of drug-likeness (QED) is 0.623. The number of ketones is 1. The van der Waals surface area contributed by atoms with E-state index in [2.05, 4.69) is 18.3 Å². The van der Waals surface area contributed by atoms with Gasteiger partial charge in [0.05, 0.1) is 0 Å². The van der Waals surface area contributed by atoms with E-state index in [1.54, 1.807) is 0 Å². The molecule has 0 aromatic heterocycles. The average Bonchev–Trinajstić information content (AvgIpc) is 2.38. The summed E-state index contributed by atoms with van der Waals surface area (Å²) in [7, 11) is 0. The molecule has 17 heavy (non-hydrogen) atoms. The lowest BCUT2D eigenvalue weighted by atomic mass is 9.92. The van der Waals surface area contributed by atoms with Crippen LogP contribution in [0.25, 0.3) is 0 Å². The first-order valence-electron chi connectivity index (χ1n) is 6.67. The van der Waals surface area contributed by atoms with Crippen molar-refractivity contribution in [3.05, 3.63) is 34.9 Å². The fourth-order valence-electron chi connectivity index (χ4n) is 2.46. The number of benzene rings is 1. The van der Waals surface area contributed by atoms with Crippen LogP contribution in [0.4, 0.5) is 0 Å². The number of unbranched alkanes of at least 4 members (excludes halogenated alkanes) is 2. The molecule has 0 bridgehead atoms. The van der Waals surface area contributed by atoms with Crippen LogP contribution in [-0.4, -0.2) is 12.3 Å².